The summed E-state index contributed by atoms with van der Waals surface area (Å²) in [6, 6.07) is 11.0. The first kappa shape index (κ1) is 15.4. The number of hydrogen-bond donors (Lipinski definition) is 2. The maximum absolute atomic E-state index is 12.9. The molecule has 5 heteroatoms. The number of aromatic nitrogens is 1. The Kier molecular flexibility index (Phi) is 4.78. The SMILES string of the molecule is O=C(Nc1cccc(C=C2CCNCC2)n1)c1ccc(F)cc1. The fourth-order valence-electron chi connectivity index (χ4n) is 2.49. The molecule has 1 amide bonds. The van der Waals surface area contributed by atoms with Gasteiger partial charge < -0.3 is 10.6 Å². The van der Waals surface area contributed by atoms with E-state index in [0.717, 1.165) is 31.6 Å². The largest absolute Gasteiger partial charge is 0.316 e. The van der Waals surface area contributed by atoms with Crippen LogP contribution in [-0.2, 0) is 0 Å². The molecule has 0 atom stereocenters. The van der Waals surface area contributed by atoms with Crippen LogP contribution in [0.25, 0.3) is 6.08 Å². The van der Waals surface area contributed by atoms with Crippen molar-refractivity contribution in [3.8, 4) is 0 Å². The van der Waals surface area contributed by atoms with Crippen molar-refractivity contribution in [3.05, 3.63) is 65.1 Å². The number of carbonyl (C=O) groups is 1. The van der Waals surface area contributed by atoms with Crippen molar-refractivity contribution in [2.45, 2.75) is 12.8 Å². The van der Waals surface area contributed by atoms with Crippen molar-refractivity contribution in [3.63, 3.8) is 0 Å². The number of halogens is 1. The molecule has 3 rings (SSSR count). The molecule has 23 heavy (non-hydrogen) atoms. The standard InChI is InChI=1S/C18H18FN3O/c19-15-6-4-14(5-7-15)18(23)22-17-3-1-2-16(21-17)12-13-8-10-20-11-9-13/h1-7,12,20H,8-11H2,(H,21,22,23). The summed E-state index contributed by atoms with van der Waals surface area (Å²) in [5.41, 5.74) is 2.59. The van der Waals surface area contributed by atoms with Crippen LogP contribution >= 0.6 is 0 Å². The Hall–Kier alpha value is -2.53. The number of anilines is 1. The zero-order valence-corrected chi connectivity index (χ0v) is 12.7. The Morgan fingerprint density at radius 1 is 1.13 bits per heavy atom. The Balaban J connectivity index is 1.72. The quantitative estimate of drug-likeness (QED) is 0.915. The summed E-state index contributed by atoms with van der Waals surface area (Å²) in [5.74, 6) is -0.179. The summed E-state index contributed by atoms with van der Waals surface area (Å²) in [5, 5.41) is 6.06. The molecule has 0 saturated carbocycles. The molecule has 2 N–H and O–H groups in total. The lowest BCUT2D eigenvalue weighted by Gasteiger charge is -2.15. The number of benzene rings is 1. The minimum Gasteiger partial charge on any atom is -0.316 e. The molecule has 2 aromatic rings. The second kappa shape index (κ2) is 7.15. The molecule has 2 heterocycles. The van der Waals surface area contributed by atoms with E-state index in [-0.39, 0.29) is 11.7 Å². The van der Waals surface area contributed by atoms with Crippen LogP contribution in [0.3, 0.4) is 0 Å². The number of rotatable bonds is 3. The van der Waals surface area contributed by atoms with Gasteiger partial charge in [-0.2, -0.15) is 0 Å². The molecule has 1 fully saturated rings. The van der Waals surface area contributed by atoms with Crippen LogP contribution in [0.4, 0.5) is 10.2 Å². The lowest BCUT2D eigenvalue weighted by atomic mass is 10.0. The molecule has 0 bridgehead atoms. The molecule has 0 spiro atoms. The number of hydrogen-bond acceptors (Lipinski definition) is 3. The highest BCUT2D eigenvalue weighted by atomic mass is 19.1. The molecule has 4 nitrogen and oxygen atoms in total. The Labute approximate surface area is 134 Å². The summed E-state index contributed by atoms with van der Waals surface area (Å²) < 4.78 is 12.9. The van der Waals surface area contributed by atoms with Gasteiger partial charge in [0, 0.05) is 5.56 Å². The van der Waals surface area contributed by atoms with Gasteiger partial charge in [0.05, 0.1) is 5.69 Å². The normalized spacial score (nSPS) is 14.4. The maximum Gasteiger partial charge on any atom is 0.256 e. The van der Waals surface area contributed by atoms with Gasteiger partial charge in [-0.25, -0.2) is 9.37 Å². The average Bonchev–Trinajstić information content (AvgIpc) is 2.57. The first-order valence-electron chi connectivity index (χ1n) is 7.65. The Bertz CT molecular complexity index is 717. The molecule has 0 unspecified atom stereocenters. The van der Waals surface area contributed by atoms with Gasteiger partial charge in [0.15, 0.2) is 0 Å². The second-order valence-corrected chi connectivity index (χ2v) is 5.46. The Morgan fingerprint density at radius 2 is 1.87 bits per heavy atom. The van der Waals surface area contributed by atoms with Crippen LogP contribution in [0.2, 0.25) is 0 Å². The zero-order chi connectivity index (χ0) is 16.1. The van der Waals surface area contributed by atoms with Gasteiger partial charge in [-0.05, 0) is 68.4 Å². The van der Waals surface area contributed by atoms with Gasteiger partial charge in [0.25, 0.3) is 5.91 Å². The second-order valence-electron chi connectivity index (χ2n) is 5.46. The van der Waals surface area contributed by atoms with Gasteiger partial charge in [0.1, 0.15) is 11.6 Å². The molecule has 118 valence electrons. The van der Waals surface area contributed by atoms with Crippen molar-refractivity contribution in [1.29, 1.82) is 0 Å². The van der Waals surface area contributed by atoms with Crippen molar-refractivity contribution in [1.82, 2.24) is 10.3 Å². The van der Waals surface area contributed by atoms with Crippen molar-refractivity contribution in [2.24, 2.45) is 0 Å². The average molecular weight is 311 g/mol. The van der Waals surface area contributed by atoms with Gasteiger partial charge in [-0.3, -0.25) is 4.79 Å². The molecule has 0 radical (unpaired) electrons. The minimum atomic E-state index is -0.365. The summed E-state index contributed by atoms with van der Waals surface area (Å²) in [7, 11) is 0. The minimum absolute atomic E-state index is 0.302. The van der Waals surface area contributed by atoms with Crippen LogP contribution < -0.4 is 10.6 Å². The van der Waals surface area contributed by atoms with E-state index in [1.807, 2.05) is 12.1 Å². The van der Waals surface area contributed by atoms with Gasteiger partial charge in [0.2, 0.25) is 0 Å². The lowest BCUT2D eigenvalue weighted by Crippen LogP contribution is -2.23. The fraction of sp³-hybridized carbons (Fsp3) is 0.222. The van der Waals surface area contributed by atoms with Gasteiger partial charge >= 0.3 is 0 Å². The number of pyridine rings is 1. The summed E-state index contributed by atoms with van der Waals surface area (Å²) in [6.07, 6.45) is 4.12. The number of nitrogens with zero attached hydrogens (tertiary/aromatic N) is 1. The highest BCUT2D eigenvalue weighted by molar-refractivity contribution is 6.03. The van der Waals surface area contributed by atoms with E-state index >= 15 is 0 Å². The topological polar surface area (TPSA) is 54.0 Å². The predicted octanol–water partition coefficient (Wildman–Crippen LogP) is 3.24. The van der Waals surface area contributed by atoms with E-state index in [1.54, 1.807) is 6.07 Å². The third kappa shape index (κ3) is 4.23. The van der Waals surface area contributed by atoms with E-state index in [4.69, 9.17) is 0 Å². The highest BCUT2D eigenvalue weighted by Crippen LogP contribution is 2.16. The molecule has 1 aliphatic heterocycles. The van der Waals surface area contributed by atoms with Crippen LogP contribution in [-0.4, -0.2) is 24.0 Å². The van der Waals surface area contributed by atoms with E-state index in [0.29, 0.717) is 11.4 Å². The monoisotopic (exact) mass is 311 g/mol. The molecule has 0 aliphatic carbocycles. The molecular weight excluding hydrogens is 293 g/mol. The maximum atomic E-state index is 12.9. The van der Waals surface area contributed by atoms with Crippen LogP contribution in [0, 0.1) is 5.82 Å². The van der Waals surface area contributed by atoms with Crippen LogP contribution in [0.1, 0.15) is 28.9 Å². The molecular formula is C18H18FN3O. The zero-order valence-electron chi connectivity index (χ0n) is 12.7. The molecule has 1 aromatic heterocycles. The number of piperidine rings is 1. The highest BCUT2D eigenvalue weighted by Gasteiger charge is 2.08. The van der Waals surface area contributed by atoms with Crippen molar-refractivity contribution >= 4 is 17.8 Å². The van der Waals surface area contributed by atoms with Crippen LogP contribution in [0.5, 0.6) is 0 Å². The van der Waals surface area contributed by atoms with E-state index < -0.39 is 0 Å². The number of carbonyl (C=O) groups excluding carboxylic acids is 1. The first-order chi connectivity index (χ1) is 11.2. The Morgan fingerprint density at radius 3 is 2.61 bits per heavy atom. The smallest absolute Gasteiger partial charge is 0.256 e. The third-order valence-corrected chi connectivity index (χ3v) is 3.72. The van der Waals surface area contributed by atoms with Crippen molar-refractivity contribution < 1.29 is 9.18 Å². The summed E-state index contributed by atoms with van der Waals surface area (Å²) in [4.78, 5) is 16.6. The first-order valence-corrected chi connectivity index (χ1v) is 7.65. The van der Waals surface area contributed by atoms with Crippen molar-refractivity contribution in [2.75, 3.05) is 18.4 Å². The summed E-state index contributed by atoms with van der Waals surface area (Å²) in [6.45, 7) is 1.99. The molecule has 1 aliphatic rings. The predicted molar refractivity (Wildman–Crippen MR) is 88.7 cm³/mol. The molecule has 1 saturated heterocycles. The van der Waals surface area contributed by atoms with Gasteiger partial charge in [-0.15, -0.1) is 0 Å². The van der Waals surface area contributed by atoms with E-state index in [1.165, 1.54) is 29.8 Å². The van der Waals surface area contributed by atoms with E-state index in [9.17, 15) is 9.18 Å². The van der Waals surface area contributed by atoms with Gasteiger partial charge in [-0.1, -0.05) is 11.6 Å². The van der Waals surface area contributed by atoms with E-state index in [2.05, 4.69) is 21.7 Å². The van der Waals surface area contributed by atoms with Crippen LogP contribution in [0.15, 0.2) is 48.0 Å². The number of nitrogens with one attached hydrogen (secondary N) is 2. The lowest BCUT2D eigenvalue weighted by molar-refractivity contribution is 0.102. The third-order valence-electron chi connectivity index (χ3n) is 3.72. The summed E-state index contributed by atoms with van der Waals surface area (Å²) >= 11 is 0. The number of amides is 1. The molecule has 1 aromatic carbocycles. The fourth-order valence-corrected chi connectivity index (χ4v) is 2.49.